The molecule has 2 heterocycles. The first-order chi connectivity index (χ1) is 12.9. The van der Waals surface area contributed by atoms with Crippen LogP contribution >= 0.6 is 0 Å². The van der Waals surface area contributed by atoms with Gasteiger partial charge in [0.05, 0.1) is 30.8 Å². The maximum atomic E-state index is 12.5. The van der Waals surface area contributed by atoms with Crippen LogP contribution in [0.4, 0.5) is 0 Å². The summed E-state index contributed by atoms with van der Waals surface area (Å²) in [5.41, 5.74) is 2.46. The first kappa shape index (κ1) is 18.7. The molecule has 2 aromatic rings. The van der Waals surface area contributed by atoms with Gasteiger partial charge >= 0.3 is 5.97 Å². The molecule has 0 bridgehead atoms. The summed E-state index contributed by atoms with van der Waals surface area (Å²) in [6, 6.07) is 7.56. The van der Waals surface area contributed by atoms with Gasteiger partial charge < -0.3 is 19.8 Å². The van der Waals surface area contributed by atoms with Gasteiger partial charge in [-0.2, -0.15) is 0 Å². The SMILES string of the molecule is COC(=O)c1c(CC(=O)NC2COc3ccccc3C2)[nH]c(C(C)=O)c1C. The Hall–Kier alpha value is -3.09. The molecule has 7 nitrogen and oxygen atoms in total. The third kappa shape index (κ3) is 3.86. The number of ether oxygens (including phenoxy) is 2. The highest BCUT2D eigenvalue weighted by molar-refractivity contribution is 6.01. The maximum absolute atomic E-state index is 12.5. The largest absolute Gasteiger partial charge is 0.491 e. The van der Waals surface area contributed by atoms with Crippen LogP contribution in [-0.2, 0) is 22.4 Å². The standard InChI is InChI=1S/C20H22N2O5/c1-11-18(20(25)26-3)15(22-19(11)12(2)23)9-17(24)21-14-8-13-6-4-5-7-16(13)27-10-14/h4-7,14,22H,8-10H2,1-3H3,(H,21,24). The fraction of sp³-hybridized carbons (Fsp3) is 0.350. The second kappa shape index (κ2) is 7.65. The Morgan fingerprint density at radius 2 is 2.04 bits per heavy atom. The van der Waals surface area contributed by atoms with Crippen LogP contribution in [-0.4, -0.2) is 42.4 Å². The third-order valence-electron chi connectivity index (χ3n) is 4.65. The smallest absolute Gasteiger partial charge is 0.339 e. The van der Waals surface area contributed by atoms with Gasteiger partial charge in [0.15, 0.2) is 5.78 Å². The lowest BCUT2D eigenvalue weighted by atomic mass is 10.0. The highest BCUT2D eigenvalue weighted by Crippen LogP contribution is 2.24. The van der Waals surface area contributed by atoms with E-state index in [4.69, 9.17) is 9.47 Å². The van der Waals surface area contributed by atoms with E-state index in [1.165, 1.54) is 14.0 Å². The molecule has 0 saturated heterocycles. The molecule has 0 saturated carbocycles. The molecule has 1 amide bonds. The van der Waals surface area contributed by atoms with Gasteiger partial charge in [-0.25, -0.2) is 4.79 Å². The minimum atomic E-state index is -0.575. The quantitative estimate of drug-likeness (QED) is 0.620. The Kier molecular flexibility index (Phi) is 5.30. The summed E-state index contributed by atoms with van der Waals surface area (Å²) in [5, 5.41) is 2.93. The molecule has 1 aromatic carbocycles. The van der Waals surface area contributed by atoms with Gasteiger partial charge in [-0.05, 0) is 30.5 Å². The van der Waals surface area contributed by atoms with E-state index in [0.29, 0.717) is 30.0 Å². The minimum Gasteiger partial charge on any atom is -0.491 e. The molecule has 1 aromatic heterocycles. The number of rotatable bonds is 5. The normalized spacial score (nSPS) is 15.4. The van der Waals surface area contributed by atoms with Crippen LogP contribution in [0.15, 0.2) is 24.3 Å². The molecule has 1 aliphatic rings. The zero-order valence-electron chi connectivity index (χ0n) is 15.5. The zero-order valence-corrected chi connectivity index (χ0v) is 15.5. The molecule has 7 heteroatoms. The number of methoxy groups -OCH3 is 1. The van der Waals surface area contributed by atoms with Gasteiger partial charge in [-0.1, -0.05) is 18.2 Å². The van der Waals surface area contributed by atoms with Crippen LogP contribution in [0.1, 0.15) is 44.6 Å². The summed E-state index contributed by atoms with van der Waals surface area (Å²) in [6.07, 6.45) is 0.616. The monoisotopic (exact) mass is 370 g/mol. The van der Waals surface area contributed by atoms with Crippen LogP contribution < -0.4 is 10.1 Å². The van der Waals surface area contributed by atoms with Crippen LogP contribution in [0, 0.1) is 6.92 Å². The fourth-order valence-corrected chi connectivity index (χ4v) is 3.38. The number of amides is 1. The highest BCUT2D eigenvalue weighted by atomic mass is 16.5. The summed E-state index contributed by atoms with van der Waals surface area (Å²) in [5.74, 6) is -0.206. The Morgan fingerprint density at radius 1 is 1.30 bits per heavy atom. The lowest BCUT2D eigenvalue weighted by Gasteiger charge is -2.26. The number of carbonyl (C=O) groups is 3. The molecule has 3 rings (SSSR count). The number of aromatic amines is 1. The number of benzene rings is 1. The summed E-state index contributed by atoms with van der Waals surface area (Å²) < 4.78 is 10.5. The van der Waals surface area contributed by atoms with Gasteiger partial charge in [0.25, 0.3) is 0 Å². The van der Waals surface area contributed by atoms with Gasteiger partial charge in [0.1, 0.15) is 12.4 Å². The zero-order chi connectivity index (χ0) is 19.6. The van der Waals surface area contributed by atoms with Gasteiger partial charge in [0.2, 0.25) is 5.91 Å². The van der Waals surface area contributed by atoms with Crippen molar-refractivity contribution in [3.05, 3.63) is 52.3 Å². The van der Waals surface area contributed by atoms with Crippen molar-refractivity contribution in [2.75, 3.05) is 13.7 Å². The Bertz CT molecular complexity index is 900. The average Bonchev–Trinajstić information content (AvgIpc) is 2.97. The van der Waals surface area contributed by atoms with E-state index in [0.717, 1.165) is 11.3 Å². The van der Waals surface area contributed by atoms with E-state index in [2.05, 4.69) is 10.3 Å². The molecule has 0 radical (unpaired) electrons. The van der Waals surface area contributed by atoms with Crippen molar-refractivity contribution in [1.82, 2.24) is 10.3 Å². The molecule has 1 unspecified atom stereocenters. The molecule has 27 heavy (non-hydrogen) atoms. The summed E-state index contributed by atoms with van der Waals surface area (Å²) >= 11 is 0. The number of H-pyrrole nitrogens is 1. The van der Waals surface area contributed by atoms with Crippen molar-refractivity contribution in [3.8, 4) is 5.75 Å². The highest BCUT2D eigenvalue weighted by Gasteiger charge is 2.26. The maximum Gasteiger partial charge on any atom is 0.339 e. The molecule has 0 spiro atoms. The molecule has 0 aliphatic carbocycles. The van der Waals surface area contributed by atoms with Crippen molar-refractivity contribution in [1.29, 1.82) is 0 Å². The molecule has 0 fully saturated rings. The van der Waals surface area contributed by atoms with Crippen LogP contribution in [0.2, 0.25) is 0 Å². The van der Waals surface area contributed by atoms with E-state index in [9.17, 15) is 14.4 Å². The van der Waals surface area contributed by atoms with Crippen molar-refractivity contribution in [2.45, 2.75) is 32.7 Å². The topological polar surface area (TPSA) is 97.5 Å². The number of esters is 1. The summed E-state index contributed by atoms with van der Waals surface area (Å²) in [7, 11) is 1.27. The van der Waals surface area contributed by atoms with E-state index >= 15 is 0 Å². The Labute approximate surface area is 157 Å². The van der Waals surface area contributed by atoms with E-state index < -0.39 is 5.97 Å². The second-order valence-electron chi connectivity index (χ2n) is 6.59. The summed E-state index contributed by atoms with van der Waals surface area (Å²) in [4.78, 5) is 39.3. The number of para-hydroxylation sites is 1. The van der Waals surface area contributed by atoms with Gasteiger partial charge in [-0.15, -0.1) is 0 Å². The van der Waals surface area contributed by atoms with Crippen molar-refractivity contribution in [2.24, 2.45) is 0 Å². The third-order valence-corrected chi connectivity index (χ3v) is 4.65. The number of hydrogen-bond acceptors (Lipinski definition) is 5. The predicted molar refractivity (Wildman–Crippen MR) is 98.1 cm³/mol. The number of fused-ring (bicyclic) bond motifs is 1. The first-order valence-corrected chi connectivity index (χ1v) is 8.71. The minimum absolute atomic E-state index is 0.0588. The number of carbonyl (C=O) groups excluding carboxylic acids is 3. The molecule has 1 aliphatic heterocycles. The molecular weight excluding hydrogens is 348 g/mol. The lowest BCUT2D eigenvalue weighted by Crippen LogP contribution is -2.43. The average molecular weight is 370 g/mol. The number of nitrogens with one attached hydrogen (secondary N) is 2. The van der Waals surface area contributed by atoms with Gasteiger partial charge in [-0.3, -0.25) is 9.59 Å². The van der Waals surface area contributed by atoms with Crippen LogP contribution in [0.5, 0.6) is 5.75 Å². The van der Waals surface area contributed by atoms with E-state index in [-0.39, 0.29) is 29.7 Å². The lowest BCUT2D eigenvalue weighted by molar-refractivity contribution is -0.121. The first-order valence-electron chi connectivity index (χ1n) is 8.71. The van der Waals surface area contributed by atoms with E-state index in [1.54, 1.807) is 6.92 Å². The second-order valence-corrected chi connectivity index (χ2v) is 6.59. The van der Waals surface area contributed by atoms with Gasteiger partial charge in [0, 0.05) is 12.6 Å². The fourth-order valence-electron chi connectivity index (χ4n) is 3.38. The van der Waals surface area contributed by atoms with Crippen LogP contribution in [0.3, 0.4) is 0 Å². The number of hydrogen-bond donors (Lipinski definition) is 2. The Balaban J connectivity index is 1.74. The van der Waals surface area contributed by atoms with Crippen molar-refractivity contribution in [3.63, 3.8) is 0 Å². The summed E-state index contributed by atoms with van der Waals surface area (Å²) in [6.45, 7) is 3.45. The number of ketones is 1. The van der Waals surface area contributed by atoms with Crippen molar-refractivity contribution < 1.29 is 23.9 Å². The van der Waals surface area contributed by atoms with Crippen molar-refractivity contribution >= 4 is 17.7 Å². The number of aromatic nitrogens is 1. The molecular formula is C20H22N2O5. The predicted octanol–water partition coefficient (Wildman–Crippen LogP) is 1.97. The molecule has 2 N–H and O–H groups in total. The Morgan fingerprint density at radius 3 is 2.74 bits per heavy atom. The molecule has 142 valence electrons. The molecule has 1 atom stereocenters. The van der Waals surface area contributed by atoms with E-state index in [1.807, 2.05) is 24.3 Å². The van der Waals surface area contributed by atoms with Crippen LogP contribution in [0.25, 0.3) is 0 Å². The number of Topliss-reactive ketones (excluding diaryl/α,β-unsaturated/α-hetero) is 1.